The number of aromatic carboxylic acids is 1. The molecule has 1 atom stereocenters. The Morgan fingerprint density at radius 1 is 1.16 bits per heavy atom. The van der Waals surface area contributed by atoms with Crippen LogP contribution >= 0.6 is 12.4 Å². The van der Waals surface area contributed by atoms with Gasteiger partial charge < -0.3 is 20.7 Å². The summed E-state index contributed by atoms with van der Waals surface area (Å²) in [4.78, 5) is 11.0. The topological polar surface area (TPSA) is 92.8 Å². The van der Waals surface area contributed by atoms with Crippen LogP contribution in [-0.2, 0) is 0 Å². The average Bonchev–Trinajstić information content (AvgIpc) is 2.47. The molecule has 0 aliphatic heterocycles. The molecule has 0 aliphatic carbocycles. The lowest BCUT2D eigenvalue weighted by Crippen LogP contribution is -2.17. The zero-order chi connectivity index (χ0) is 18.1. The standard InChI is InChI=1S/C15H11F4NO4.ClH/c16-8-5-10(13(21)11(6-8)14(22)23)12(20)7-1-3-9(4-2-7)24-15(17,18)19;/h1-6,12,21H,20H2,(H,22,23);1H/t12-;/m0./s1. The molecule has 0 spiro atoms. The first kappa shape index (κ1) is 20.5. The summed E-state index contributed by atoms with van der Waals surface area (Å²) >= 11 is 0. The first-order valence-corrected chi connectivity index (χ1v) is 6.45. The third-order valence-electron chi connectivity index (χ3n) is 3.14. The molecule has 0 amide bonds. The highest BCUT2D eigenvalue weighted by Gasteiger charge is 2.31. The van der Waals surface area contributed by atoms with E-state index in [9.17, 15) is 27.5 Å². The SMILES string of the molecule is Cl.N[C@@H](c1ccc(OC(F)(F)F)cc1)c1cc(F)cc(C(=O)O)c1O. The molecule has 2 rings (SSSR count). The number of halogens is 5. The van der Waals surface area contributed by atoms with Gasteiger partial charge in [0.2, 0.25) is 0 Å². The molecule has 10 heteroatoms. The molecule has 25 heavy (non-hydrogen) atoms. The van der Waals surface area contributed by atoms with Crippen molar-refractivity contribution in [3.05, 3.63) is 58.9 Å². The monoisotopic (exact) mass is 381 g/mol. The maximum absolute atomic E-state index is 13.5. The molecule has 0 fully saturated rings. The van der Waals surface area contributed by atoms with Crippen LogP contribution in [-0.4, -0.2) is 22.5 Å². The van der Waals surface area contributed by atoms with Gasteiger partial charge in [-0.1, -0.05) is 12.1 Å². The van der Waals surface area contributed by atoms with E-state index in [0.29, 0.717) is 6.07 Å². The van der Waals surface area contributed by atoms with Crippen molar-refractivity contribution in [2.75, 3.05) is 0 Å². The Kier molecular flexibility index (Phi) is 6.22. The molecule has 4 N–H and O–H groups in total. The van der Waals surface area contributed by atoms with E-state index in [1.807, 2.05) is 0 Å². The summed E-state index contributed by atoms with van der Waals surface area (Å²) in [5, 5.41) is 18.8. The second-order valence-electron chi connectivity index (χ2n) is 4.79. The van der Waals surface area contributed by atoms with E-state index in [1.54, 1.807) is 0 Å². The molecule has 136 valence electrons. The molecule has 2 aromatic carbocycles. The van der Waals surface area contributed by atoms with Crippen molar-refractivity contribution < 1.29 is 37.3 Å². The largest absolute Gasteiger partial charge is 0.573 e. The third kappa shape index (κ3) is 4.97. The van der Waals surface area contributed by atoms with Gasteiger partial charge in [0.05, 0.1) is 6.04 Å². The fourth-order valence-corrected chi connectivity index (χ4v) is 2.08. The van der Waals surface area contributed by atoms with Gasteiger partial charge in [-0.3, -0.25) is 0 Å². The van der Waals surface area contributed by atoms with E-state index >= 15 is 0 Å². The van der Waals surface area contributed by atoms with Gasteiger partial charge in [0, 0.05) is 5.56 Å². The quantitative estimate of drug-likeness (QED) is 0.704. The number of benzene rings is 2. The van der Waals surface area contributed by atoms with Crippen LogP contribution in [0.5, 0.6) is 11.5 Å². The zero-order valence-corrected chi connectivity index (χ0v) is 13.1. The molecular formula is C15H12ClF4NO4. The summed E-state index contributed by atoms with van der Waals surface area (Å²) in [6, 6.07) is 4.71. The predicted octanol–water partition coefficient (Wildman–Crippen LogP) is 3.60. The molecule has 0 heterocycles. The normalized spacial score (nSPS) is 12.2. The van der Waals surface area contributed by atoms with Gasteiger partial charge in [-0.15, -0.1) is 25.6 Å². The maximum Gasteiger partial charge on any atom is 0.573 e. The summed E-state index contributed by atoms with van der Waals surface area (Å²) in [5.41, 5.74) is 5.19. The molecule has 0 aromatic heterocycles. The van der Waals surface area contributed by atoms with E-state index in [4.69, 9.17) is 10.8 Å². The van der Waals surface area contributed by atoms with Crippen LogP contribution in [0.2, 0.25) is 0 Å². The molecule has 0 saturated carbocycles. The number of rotatable bonds is 4. The van der Waals surface area contributed by atoms with Crippen LogP contribution in [0.1, 0.15) is 27.5 Å². The number of carboxylic acid groups (broad SMARTS) is 1. The second-order valence-corrected chi connectivity index (χ2v) is 4.79. The summed E-state index contributed by atoms with van der Waals surface area (Å²) in [5.74, 6) is -3.66. The van der Waals surface area contributed by atoms with Gasteiger partial charge in [0.15, 0.2) is 0 Å². The van der Waals surface area contributed by atoms with Crippen LogP contribution in [0.15, 0.2) is 36.4 Å². The average molecular weight is 382 g/mol. The van der Waals surface area contributed by atoms with Crippen LogP contribution < -0.4 is 10.5 Å². The molecule has 0 unspecified atom stereocenters. The Balaban J connectivity index is 0.00000312. The number of hydrogen-bond acceptors (Lipinski definition) is 4. The third-order valence-corrected chi connectivity index (χ3v) is 3.14. The first-order chi connectivity index (χ1) is 11.1. The van der Waals surface area contributed by atoms with Crippen molar-refractivity contribution in [3.8, 4) is 11.5 Å². The van der Waals surface area contributed by atoms with E-state index in [0.717, 1.165) is 18.2 Å². The van der Waals surface area contributed by atoms with Crippen molar-refractivity contribution in [3.63, 3.8) is 0 Å². The van der Waals surface area contributed by atoms with Gasteiger partial charge in [-0.25, -0.2) is 9.18 Å². The zero-order valence-electron chi connectivity index (χ0n) is 12.2. The Bertz CT molecular complexity index is 765. The minimum atomic E-state index is -4.85. The Hall–Kier alpha value is -2.52. The molecule has 0 radical (unpaired) electrons. The molecule has 0 bridgehead atoms. The molecular weight excluding hydrogens is 370 g/mol. The van der Waals surface area contributed by atoms with E-state index in [1.165, 1.54) is 12.1 Å². The first-order valence-electron chi connectivity index (χ1n) is 6.45. The number of hydrogen-bond donors (Lipinski definition) is 3. The van der Waals surface area contributed by atoms with Gasteiger partial charge >= 0.3 is 12.3 Å². The number of alkyl halides is 3. The van der Waals surface area contributed by atoms with Crippen LogP contribution in [0.3, 0.4) is 0 Å². The Labute approximate surface area is 145 Å². The Morgan fingerprint density at radius 2 is 1.72 bits per heavy atom. The van der Waals surface area contributed by atoms with E-state index in [-0.39, 0.29) is 23.5 Å². The molecule has 5 nitrogen and oxygen atoms in total. The lowest BCUT2D eigenvalue weighted by atomic mass is 9.96. The van der Waals surface area contributed by atoms with Crippen molar-refractivity contribution in [1.82, 2.24) is 0 Å². The lowest BCUT2D eigenvalue weighted by Gasteiger charge is -2.16. The minimum absolute atomic E-state index is 0. The van der Waals surface area contributed by atoms with Crippen molar-refractivity contribution >= 4 is 18.4 Å². The summed E-state index contributed by atoms with van der Waals surface area (Å²) in [6.07, 6.45) is -4.85. The van der Waals surface area contributed by atoms with Gasteiger partial charge in [0.25, 0.3) is 0 Å². The summed E-state index contributed by atoms with van der Waals surface area (Å²) < 4.78 is 53.5. The number of carbonyl (C=O) groups is 1. The lowest BCUT2D eigenvalue weighted by molar-refractivity contribution is -0.274. The number of ether oxygens (including phenoxy) is 1. The van der Waals surface area contributed by atoms with Crippen molar-refractivity contribution in [1.29, 1.82) is 0 Å². The minimum Gasteiger partial charge on any atom is -0.507 e. The van der Waals surface area contributed by atoms with Gasteiger partial charge in [-0.05, 0) is 29.8 Å². The number of aromatic hydroxyl groups is 1. The Morgan fingerprint density at radius 3 is 2.20 bits per heavy atom. The molecule has 0 saturated heterocycles. The highest BCUT2D eigenvalue weighted by Crippen LogP contribution is 2.33. The van der Waals surface area contributed by atoms with Crippen LogP contribution in [0.25, 0.3) is 0 Å². The smallest absolute Gasteiger partial charge is 0.507 e. The van der Waals surface area contributed by atoms with Gasteiger partial charge in [-0.2, -0.15) is 0 Å². The molecule has 0 aliphatic rings. The fraction of sp³-hybridized carbons (Fsp3) is 0.133. The van der Waals surface area contributed by atoms with Gasteiger partial charge in [0.1, 0.15) is 22.9 Å². The fourth-order valence-electron chi connectivity index (χ4n) is 2.08. The summed E-state index contributed by atoms with van der Waals surface area (Å²) in [6.45, 7) is 0. The highest BCUT2D eigenvalue weighted by atomic mass is 35.5. The van der Waals surface area contributed by atoms with E-state index in [2.05, 4.69) is 4.74 Å². The highest BCUT2D eigenvalue weighted by molar-refractivity contribution is 5.91. The number of phenols is 1. The van der Waals surface area contributed by atoms with Crippen molar-refractivity contribution in [2.45, 2.75) is 12.4 Å². The maximum atomic E-state index is 13.5. The molecule has 2 aromatic rings. The summed E-state index contributed by atoms with van der Waals surface area (Å²) in [7, 11) is 0. The van der Waals surface area contributed by atoms with Crippen LogP contribution in [0.4, 0.5) is 17.6 Å². The van der Waals surface area contributed by atoms with Crippen LogP contribution in [0, 0.1) is 5.82 Å². The second kappa shape index (κ2) is 7.58. The van der Waals surface area contributed by atoms with Crippen molar-refractivity contribution in [2.24, 2.45) is 5.73 Å². The van der Waals surface area contributed by atoms with E-state index < -0.39 is 41.3 Å². The number of nitrogens with two attached hydrogens (primary N) is 1. The number of carboxylic acids is 1. The predicted molar refractivity (Wildman–Crippen MR) is 81.4 cm³/mol.